The number of nitrogens with zero attached hydrogens (tertiary/aromatic N) is 2. The van der Waals surface area contributed by atoms with Crippen molar-refractivity contribution in [2.75, 3.05) is 7.05 Å². The Morgan fingerprint density at radius 2 is 2.22 bits per heavy atom. The van der Waals surface area contributed by atoms with Gasteiger partial charge in [0.25, 0.3) is 0 Å². The third-order valence-electron chi connectivity index (χ3n) is 0.804. The number of rotatable bonds is 3. The second-order valence-electron chi connectivity index (χ2n) is 1.39. The van der Waals surface area contributed by atoms with Crippen LogP contribution in [0.4, 0.5) is 0 Å². The fraction of sp³-hybridized carbons (Fsp3) is 0.500. The largest absolute Gasteiger partial charge is 2.00 e. The Labute approximate surface area is 69.9 Å². The van der Waals surface area contributed by atoms with Crippen molar-refractivity contribution in [3.63, 3.8) is 0 Å². The second-order valence-corrected chi connectivity index (χ2v) is 1.39. The summed E-state index contributed by atoms with van der Waals surface area (Å²) in [6.07, 6.45) is 3.76. The minimum Gasteiger partial charge on any atom is -0.812 e. The summed E-state index contributed by atoms with van der Waals surface area (Å²) < 4.78 is 0. The smallest absolute Gasteiger partial charge is 0.812 e. The summed E-state index contributed by atoms with van der Waals surface area (Å²) in [6.45, 7) is 1.99. The van der Waals surface area contributed by atoms with E-state index in [0.29, 0.717) is 5.70 Å². The summed E-state index contributed by atoms with van der Waals surface area (Å²) in [5.74, 6) is 0. The average Bonchev–Trinajstić information content (AvgIpc) is 1.83. The van der Waals surface area contributed by atoms with E-state index in [2.05, 4.69) is 5.32 Å². The van der Waals surface area contributed by atoms with E-state index < -0.39 is 0 Å². The van der Waals surface area contributed by atoms with E-state index in [0.717, 1.165) is 12.6 Å². The molecule has 0 rings (SSSR count). The van der Waals surface area contributed by atoms with Crippen molar-refractivity contribution >= 4 is 6.21 Å². The third kappa shape index (κ3) is 5.75. The molecule has 54 valence electrons. The molecule has 2 nitrogen and oxygen atoms in total. The first-order chi connectivity index (χ1) is 3.85. The maximum absolute atomic E-state index is 8.37. The molecule has 0 amide bonds. The van der Waals surface area contributed by atoms with Crippen molar-refractivity contribution < 1.29 is 20.4 Å². The Bertz CT molecular complexity index is 99.2. The van der Waals surface area contributed by atoms with Gasteiger partial charge in [-0.15, -0.1) is 13.1 Å². The van der Waals surface area contributed by atoms with Crippen LogP contribution in [0.3, 0.4) is 0 Å². The molecule has 0 aromatic carbocycles. The van der Waals surface area contributed by atoms with Crippen LogP contribution in [0.1, 0.15) is 13.3 Å². The van der Waals surface area contributed by atoms with Gasteiger partial charge in [-0.1, -0.05) is 6.92 Å². The Balaban J connectivity index is 0. The molecule has 0 aliphatic carbocycles. The van der Waals surface area contributed by atoms with Gasteiger partial charge in [-0.25, -0.2) is 6.21 Å². The Kier molecular flexibility index (Phi) is 10.2. The van der Waals surface area contributed by atoms with Crippen molar-refractivity contribution in [1.29, 1.82) is 0 Å². The van der Waals surface area contributed by atoms with Crippen molar-refractivity contribution in [3.8, 4) is 0 Å². The summed E-state index contributed by atoms with van der Waals surface area (Å²) in [5, 5.41) is 12.1. The topological polar surface area (TPSA) is 36.4 Å². The van der Waals surface area contributed by atoms with Crippen LogP contribution in [-0.4, -0.2) is 13.3 Å². The van der Waals surface area contributed by atoms with E-state index in [4.69, 9.17) is 5.41 Å². The van der Waals surface area contributed by atoms with Gasteiger partial charge >= 0.3 is 20.4 Å². The molecule has 0 atom stereocenters. The first-order valence-electron chi connectivity index (χ1n) is 2.62. The van der Waals surface area contributed by atoms with Gasteiger partial charge in [0.2, 0.25) is 0 Å². The molecular formula is C6H10N2Pd. The molecule has 0 heterocycles. The van der Waals surface area contributed by atoms with Gasteiger partial charge in [-0.3, -0.25) is 0 Å². The number of allylic oxidation sites excluding steroid dienone is 2. The van der Waals surface area contributed by atoms with Crippen LogP contribution in [0.2, 0.25) is 0 Å². The molecule has 0 aromatic rings. The van der Waals surface area contributed by atoms with Crippen molar-refractivity contribution in [2.45, 2.75) is 13.3 Å². The minimum absolute atomic E-state index is 0. The summed E-state index contributed by atoms with van der Waals surface area (Å²) >= 11 is 0. The van der Waals surface area contributed by atoms with E-state index in [1.54, 1.807) is 7.05 Å². The predicted molar refractivity (Wildman–Crippen MR) is 37.1 cm³/mol. The van der Waals surface area contributed by atoms with E-state index in [9.17, 15) is 0 Å². The van der Waals surface area contributed by atoms with Crippen LogP contribution >= 0.6 is 0 Å². The predicted octanol–water partition coefficient (Wildman–Crippen LogP) is 1.92. The third-order valence-corrected chi connectivity index (χ3v) is 0.804. The summed E-state index contributed by atoms with van der Waals surface area (Å²) in [7, 11) is 1.65. The zero-order chi connectivity index (χ0) is 6.41. The summed E-state index contributed by atoms with van der Waals surface area (Å²) in [6, 6.07) is 0. The monoisotopic (exact) mass is 216 g/mol. The van der Waals surface area contributed by atoms with E-state index in [1.807, 2.05) is 13.0 Å². The van der Waals surface area contributed by atoms with Gasteiger partial charge in [0.1, 0.15) is 0 Å². The molecule has 9 heavy (non-hydrogen) atoms. The van der Waals surface area contributed by atoms with Gasteiger partial charge in [-0.2, -0.15) is 5.70 Å². The Morgan fingerprint density at radius 3 is 2.33 bits per heavy atom. The molecule has 0 unspecified atom stereocenters. The zero-order valence-corrected chi connectivity index (χ0v) is 7.13. The van der Waals surface area contributed by atoms with E-state index in [-0.39, 0.29) is 20.4 Å². The molecule has 3 heteroatoms. The molecule has 0 saturated heterocycles. The maximum atomic E-state index is 8.37. The number of hydrogen-bond donors (Lipinski definition) is 0. The van der Waals surface area contributed by atoms with Gasteiger partial charge in [0.05, 0.1) is 0 Å². The van der Waals surface area contributed by atoms with E-state index >= 15 is 0 Å². The second kappa shape index (κ2) is 7.87. The van der Waals surface area contributed by atoms with Crippen LogP contribution in [0, 0.1) is 0 Å². The molecule has 0 saturated carbocycles. The molecule has 0 fully saturated rings. The number of hydrogen-bond acceptors (Lipinski definition) is 0. The minimum atomic E-state index is 0. The molecule has 0 spiro atoms. The van der Waals surface area contributed by atoms with Crippen LogP contribution in [0.5, 0.6) is 0 Å². The van der Waals surface area contributed by atoms with Crippen LogP contribution < -0.4 is 0 Å². The molecular weight excluding hydrogens is 206 g/mol. The molecule has 0 aliphatic heterocycles. The first-order valence-corrected chi connectivity index (χ1v) is 2.62. The molecule has 0 aromatic heterocycles. The van der Waals surface area contributed by atoms with Gasteiger partial charge in [-0.05, 0) is 6.42 Å². The van der Waals surface area contributed by atoms with E-state index in [1.165, 1.54) is 0 Å². The molecule has 0 aliphatic rings. The summed E-state index contributed by atoms with van der Waals surface area (Å²) in [4.78, 5) is 0. The molecule has 0 bridgehead atoms. The van der Waals surface area contributed by atoms with Crippen LogP contribution in [0.15, 0.2) is 11.8 Å². The van der Waals surface area contributed by atoms with Gasteiger partial charge in [0.15, 0.2) is 0 Å². The maximum Gasteiger partial charge on any atom is 2.00 e. The van der Waals surface area contributed by atoms with Crippen molar-refractivity contribution in [2.24, 2.45) is 0 Å². The first kappa shape index (κ1) is 11.6. The standard InChI is InChI=1S/C6H10N2.Pd/c1-3-4-6(5-7)8-2;/h4-5H,3H2,1-2H3;/q-2;+2/b6-4-;. The molecule has 0 radical (unpaired) electrons. The molecule has 0 N–H and O–H groups in total. The van der Waals surface area contributed by atoms with Gasteiger partial charge < -0.3 is 10.7 Å². The Morgan fingerprint density at radius 1 is 1.67 bits per heavy atom. The fourth-order valence-corrected chi connectivity index (χ4v) is 0.411. The van der Waals surface area contributed by atoms with Gasteiger partial charge in [0, 0.05) is 0 Å². The average molecular weight is 217 g/mol. The Hall–Kier alpha value is -0.128. The quantitative estimate of drug-likeness (QED) is 0.511. The van der Waals surface area contributed by atoms with Crippen LogP contribution in [-0.2, 0) is 20.4 Å². The van der Waals surface area contributed by atoms with Crippen molar-refractivity contribution in [3.05, 3.63) is 22.5 Å². The fourth-order valence-electron chi connectivity index (χ4n) is 0.411. The zero-order valence-electron chi connectivity index (χ0n) is 5.57. The normalized spacial score (nSPS) is 9.78. The van der Waals surface area contributed by atoms with Crippen molar-refractivity contribution in [1.82, 2.24) is 0 Å². The SMILES string of the molecule is CC/C=C(/C=[N-])[N-]C.[Pd+2]. The summed E-state index contributed by atoms with van der Waals surface area (Å²) in [5.41, 5.74) is 0.646. The van der Waals surface area contributed by atoms with Crippen LogP contribution in [0.25, 0.3) is 10.7 Å².